The maximum absolute atomic E-state index is 13.3. The zero-order valence-electron chi connectivity index (χ0n) is 11.6. The lowest BCUT2D eigenvalue weighted by molar-refractivity contribution is 0.240. The van der Waals surface area contributed by atoms with Crippen LogP contribution in [0, 0.1) is 18.6 Å². The molecule has 0 aliphatic carbocycles. The van der Waals surface area contributed by atoms with E-state index >= 15 is 0 Å². The quantitative estimate of drug-likeness (QED) is 0.891. The SMILES string of the molecule is Cc1ccc(CNC(=O)NCc2ccc(F)cc2)cc1F. The van der Waals surface area contributed by atoms with Crippen LogP contribution in [0.5, 0.6) is 0 Å². The second kappa shape index (κ2) is 6.83. The Labute approximate surface area is 122 Å². The normalized spacial score (nSPS) is 10.2. The van der Waals surface area contributed by atoms with E-state index in [1.165, 1.54) is 18.2 Å². The minimum atomic E-state index is -0.361. The Bertz CT molecular complexity index is 627. The van der Waals surface area contributed by atoms with E-state index < -0.39 is 0 Å². The van der Waals surface area contributed by atoms with Gasteiger partial charge in [-0.1, -0.05) is 24.3 Å². The number of nitrogens with one attached hydrogen (secondary N) is 2. The Hall–Kier alpha value is -2.43. The summed E-state index contributed by atoms with van der Waals surface area (Å²) in [5.41, 5.74) is 2.06. The Morgan fingerprint density at radius 1 is 0.952 bits per heavy atom. The van der Waals surface area contributed by atoms with E-state index in [1.807, 2.05) is 0 Å². The first kappa shape index (κ1) is 15.0. The van der Waals surface area contributed by atoms with Crippen molar-refractivity contribution in [3.05, 3.63) is 70.8 Å². The van der Waals surface area contributed by atoms with Gasteiger partial charge in [-0.15, -0.1) is 0 Å². The Kier molecular flexibility index (Phi) is 4.87. The van der Waals surface area contributed by atoms with E-state index in [-0.39, 0.29) is 24.2 Å². The van der Waals surface area contributed by atoms with Crippen molar-refractivity contribution in [1.29, 1.82) is 0 Å². The molecule has 2 N–H and O–H groups in total. The second-order valence-corrected chi connectivity index (χ2v) is 4.75. The van der Waals surface area contributed by atoms with Gasteiger partial charge < -0.3 is 10.6 Å². The molecule has 0 aliphatic heterocycles. The molecule has 0 radical (unpaired) electrons. The molecule has 5 heteroatoms. The topological polar surface area (TPSA) is 41.1 Å². The molecule has 0 bridgehead atoms. The van der Waals surface area contributed by atoms with Crippen molar-refractivity contribution in [3.63, 3.8) is 0 Å². The predicted octanol–water partition coefficient (Wildman–Crippen LogP) is 3.27. The first-order valence-electron chi connectivity index (χ1n) is 6.56. The Balaban J connectivity index is 1.79. The van der Waals surface area contributed by atoms with Crippen LogP contribution in [0.2, 0.25) is 0 Å². The number of rotatable bonds is 4. The summed E-state index contributed by atoms with van der Waals surface area (Å²) in [6.45, 7) is 2.22. The Morgan fingerprint density at radius 2 is 1.52 bits per heavy atom. The number of carbonyl (C=O) groups excluding carboxylic acids is 1. The highest BCUT2D eigenvalue weighted by atomic mass is 19.1. The Morgan fingerprint density at radius 3 is 2.14 bits per heavy atom. The van der Waals surface area contributed by atoms with Crippen LogP contribution in [0.25, 0.3) is 0 Å². The number of halogens is 2. The molecule has 0 aliphatic rings. The first-order chi connectivity index (χ1) is 10.0. The lowest BCUT2D eigenvalue weighted by Gasteiger charge is -2.08. The standard InChI is InChI=1S/C16H16F2N2O/c1-11-2-3-13(8-15(11)18)10-20-16(21)19-9-12-4-6-14(17)7-5-12/h2-8H,9-10H2,1H3,(H2,19,20,21). The molecule has 21 heavy (non-hydrogen) atoms. The van der Waals surface area contributed by atoms with E-state index in [2.05, 4.69) is 10.6 Å². The summed E-state index contributed by atoms with van der Waals surface area (Å²) in [4.78, 5) is 11.6. The van der Waals surface area contributed by atoms with Gasteiger partial charge in [-0.2, -0.15) is 0 Å². The van der Waals surface area contributed by atoms with Crippen LogP contribution in [-0.4, -0.2) is 6.03 Å². The third-order valence-electron chi connectivity index (χ3n) is 3.06. The minimum Gasteiger partial charge on any atom is -0.334 e. The van der Waals surface area contributed by atoms with Crippen LogP contribution in [0.3, 0.4) is 0 Å². The largest absolute Gasteiger partial charge is 0.334 e. The van der Waals surface area contributed by atoms with Gasteiger partial charge in [0.05, 0.1) is 0 Å². The number of aryl methyl sites for hydroxylation is 1. The maximum Gasteiger partial charge on any atom is 0.315 e. The van der Waals surface area contributed by atoms with Gasteiger partial charge in [0.2, 0.25) is 0 Å². The smallest absolute Gasteiger partial charge is 0.315 e. The number of hydrogen-bond acceptors (Lipinski definition) is 1. The predicted molar refractivity (Wildman–Crippen MR) is 76.6 cm³/mol. The van der Waals surface area contributed by atoms with Gasteiger partial charge in [0.25, 0.3) is 0 Å². The van der Waals surface area contributed by atoms with E-state index in [1.54, 1.807) is 31.2 Å². The van der Waals surface area contributed by atoms with Crippen LogP contribution in [0.15, 0.2) is 42.5 Å². The molecule has 0 fully saturated rings. The van der Waals surface area contributed by atoms with Gasteiger partial charge in [0.15, 0.2) is 0 Å². The van der Waals surface area contributed by atoms with Crippen LogP contribution in [0.4, 0.5) is 13.6 Å². The molecule has 0 spiro atoms. The number of benzene rings is 2. The molecule has 0 saturated heterocycles. The zero-order valence-corrected chi connectivity index (χ0v) is 11.6. The molecule has 3 nitrogen and oxygen atoms in total. The second-order valence-electron chi connectivity index (χ2n) is 4.75. The van der Waals surface area contributed by atoms with Gasteiger partial charge in [-0.05, 0) is 41.8 Å². The van der Waals surface area contributed by atoms with Crippen LogP contribution < -0.4 is 10.6 Å². The molecule has 0 atom stereocenters. The third kappa shape index (κ3) is 4.56. The number of carbonyl (C=O) groups is 1. The lowest BCUT2D eigenvalue weighted by Crippen LogP contribution is -2.34. The monoisotopic (exact) mass is 290 g/mol. The molecule has 2 amide bonds. The summed E-state index contributed by atoms with van der Waals surface area (Å²) in [5, 5.41) is 5.28. The fraction of sp³-hybridized carbons (Fsp3) is 0.188. The molecule has 0 saturated carbocycles. The third-order valence-corrected chi connectivity index (χ3v) is 3.06. The molecule has 0 unspecified atom stereocenters. The fourth-order valence-corrected chi connectivity index (χ4v) is 1.78. The first-order valence-corrected chi connectivity index (χ1v) is 6.56. The van der Waals surface area contributed by atoms with Crippen LogP contribution >= 0.6 is 0 Å². The van der Waals surface area contributed by atoms with E-state index in [4.69, 9.17) is 0 Å². The van der Waals surface area contributed by atoms with Gasteiger partial charge in [0, 0.05) is 13.1 Å². The van der Waals surface area contributed by atoms with Crippen molar-refractivity contribution < 1.29 is 13.6 Å². The molecule has 0 aromatic heterocycles. The average Bonchev–Trinajstić information content (AvgIpc) is 2.48. The van der Waals surface area contributed by atoms with E-state index in [0.717, 1.165) is 5.56 Å². The van der Waals surface area contributed by atoms with Gasteiger partial charge in [-0.3, -0.25) is 0 Å². The van der Waals surface area contributed by atoms with Crippen molar-refractivity contribution in [2.75, 3.05) is 0 Å². The maximum atomic E-state index is 13.3. The molecule has 0 heterocycles. The van der Waals surface area contributed by atoms with E-state index in [9.17, 15) is 13.6 Å². The van der Waals surface area contributed by atoms with Crippen molar-refractivity contribution in [3.8, 4) is 0 Å². The molecular weight excluding hydrogens is 274 g/mol. The highest BCUT2D eigenvalue weighted by Gasteiger charge is 2.03. The van der Waals surface area contributed by atoms with Crippen molar-refractivity contribution >= 4 is 6.03 Å². The van der Waals surface area contributed by atoms with Crippen molar-refractivity contribution in [2.24, 2.45) is 0 Å². The van der Waals surface area contributed by atoms with Crippen molar-refractivity contribution in [1.82, 2.24) is 10.6 Å². The summed E-state index contributed by atoms with van der Waals surface area (Å²) >= 11 is 0. The number of urea groups is 1. The summed E-state index contributed by atoms with van der Waals surface area (Å²) in [5.74, 6) is -0.606. The van der Waals surface area contributed by atoms with Crippen LogP contribution in [0.1, 0.15) is 16.7 Å². The zero-order chi connectivity index (χ0) is 15.2. The average molecular weight is 290 g/mol. The molecule has 2 aromatic rings. The molecule has 2 rings (SSSR count). The van der Waals surface area contributed by atoms with Gasteiger partial charge in [-0.25, -0.2) is 13.6 Å². The molecule has 110 valence electrons. The summed E-state index contributed by atoms with van der Waals surface area (Å²) in [6, 6.07) is 10.3. The molecule has 2 aromatic carbocycles. The number of hydrogen-bond donors (Lipinski definition) is 2. The van der Waals surface area contributed by atoms with Gasteiger partial charge in [0.1, 0.15) is 11.6 Å². The van der Waals surface area contributed by atoms with Crippen LogP contribution in [-0.2, 0) is 13.1 Å². The number of amides is 2. The summed E-state index contributed by atoms with van der Waals surface area (Å²) < 4.78 is 26.1. The van der Waals surface area contributed by atoms with Gasteiger partial charge >= 0.3 is 6.03 Å². The lowest BCUT2D eigenvalue weighted by atomic mass is 10.1. The fourth-order valence-electron chi connectivity index (χ4n) is 1.78. The van der Waals surface area contributed by atoms with Crippen molar-refractivity contribution in [2.45, 2.75) is 20.0 Å². The van der Waals surface area contributed by atoms with E-state index in [0.29, 0.717) is 17.7 Å². The highest BCUT2D eigenvalue weighted by molar-refractivity contribution is 5.73. The highest BCUT2D eigenvalue weighted by Crippen LogP contribution is 2.08. The minimum absolute atomic E-state index is 0.243. The summed E-state index contributed by atoms with van der Waals surface area (Å²) in [6.07, 6.45) is 0. The summed E-state index contributed by atoms with van der Waals surface area (Å²) in [7, 11) is 0. The molecular formula is C16H16F2N2O.